The van der Waals surface area contributed by atoms with Crippen LogP contribution < -0.4 is 5.32 Å². The number of rotatable bonds is 5. The lowest BCUT2D eigenvalue weighted by Gasteiger charge is -2.05. The molecule has 0 saturated heterocycles. The van der Waals surface area contributed by atoms with Gasteiger partial charge in [-0.15, -0.1) is 11.3 Å². The zero-order valence-corrected chi connectivity index (χ0v) is 12.2. The van der Waals surface area contributed by atoms with E-state index < -0.39 is 0 Å². The smallest absolute Gasteiger partial charge is 0.0346 e. The molecule has 1 nitrogen and oxygen atoms in total. The maximum Gasteiger partial charge on any atom is 0.0346 e. The third kappa shape index (κ3) is 3.21. The van der Waals surface area contributed by atoms with Crippen LogP contribution >= 0.6 is 11.3 Å². The zero-order chi connectivity index (χ0) is 13.0. The van der Waals surface area contributed by atoms with Crippen LogP contribution in [0, 0.1) is 0 Å². The van der Waals surface area contributed by atoms with Crippen molar-refractivity contribution in [2.45, 2.75) is 33.2 Å². The quantitative estimate of drug-likeness (QED) is 0.824. The Balaban J connectivity index is 2.13. The fourth-order valence-corrected chi connectivity index (χ4v) is 2.89. The van der Waals surface area contributed by atoms with E-state index in [1.165, 1.54) is 20.9 Å². The van der Waals surface area contributed by atoms with Gasteiger partial charge in [-0.1, -0.05) is 45.0 Å². The summed E-state index contributed by atoms with van der Waals surface area (Å²) in [4.78, 5) is 2.76. The minimum Gasteiger partial charge on any atom is -0.312 e. The Hall–Kier alpha value is -1.12. The van der Waals surface area contributed by atoms with Gasteiger partial charge in [0.15, 0.2) is 0 Å². The second-order valence-corrected chi connectivity index (χ2v) is 5.99. The van der Waals surface area contributed by atoms with Crippen molar-refractivity contribution in [1.82, 2.24) is 5.32 Å². The van der Waals surface area contributed by atoms with Crippen LogP contribution in [-0.4, -0.2) is 6.54 Å². The average Bonchev–Trinajstić information content (AvgIpc) is 2.85. The Labute approximate surface area is 114 Å². The SMILES string of the molecule is CCNCc1ccc(-c2ccc(C(C)C)cc2)s1. The summed E-state index contributed by atoms with van der Waals surface area (Å²) in [6, 6.07) is 13.4. The number of hydrogen-bond donors (Lipinski definition) is 1. The van der Waals surface area contributed by atoms with E-state index in [0.717, 1.165) is 13.1 Å². The molecule has 0 amide bonds. The van der Waals surface area contributed by atoms with Crippen LogP contribution in [-0.2, 0) is 6.54 Å². The van der Waals surface area contributed by atoms with Crippen LogP contribution in [0.15, 0.2) is 36.4 Å². The number of hydrogen-bond acceptors (Lipinski definition) is 2. The lowest BCUT2D eigenvalue weighted by molar-refractivity contribution is 0.735. The van der Waals surface area contributed by atoms with Gasteiger partial charge in [0.2, 0.25) is 0 Å². The van der Waals surface area contributed by atoms with E-state index in [9.17, 15) is 0 Å². The van der Waals surface area contributed by atoms with Crippen LogP contribution in [0.2, 0.25) is 0 Å². The van der Waals surface area contributed by atoms with E-state index >= 15 is 0 Å². The zero-order valence-electron chi connectivity index (χ0n) is 11.4. The third-order valence-electron chi connectivity index (χ3n) is 3.07. The number of nitrogens with one attached hydrogen (secondary N) is 1. The molecule has 2 heteroatoms. The highest BCUT2D eigenvalue weighted by Gasteiger charge is 2.04. The largest absolute Gasteiger partial charge is 0.312 e. The number of thiophene rings is 1. The molecule has 2 aromatic rings. The normalized spacial score (nSPS) is 11.1. The first-order valence-electron chi connectivity index (χ1n) is 6.60. The lowest BCUT2D eigenvalue weighted by atomic mass is 10.0. The Morgan fingerprint density at radius 2 is 1.78 bits per heavy atom. The van der Waals surface area contributed by atoms with Crippen LogP contribution in [0.4, 0.5) is 0 Å². The van der Waals surface area contributed by atoms with Gasteiger partial charge in [-0.2, -0.15) is 0 Å². The first kappa shape index (κ1) is 13.3. The standard InChI is InChI=1S/C16H21NS/c1-4-17-11-15-9-10-16(18-15)14-7-5-13(6-8-14)12(2)3/h5-10,12,17H,4,11H2,1-3H3. The Morgan fingerprint density at radius 1 is 1.06 bits per heavy atom. The summed E-state index contributed by atoms with van der Waals surface area (Å²) in [5, 5.41) is 3.36. The second kappa shape index (κ2) is 6.17. The van der Waals surface area contributed by atoms with Gasteiger partial charge in [-0.25, -0.2) is 0 Å². The summed E-state index contributed by atoms with van der Waals surface area (Å²) in [6.45, 7) is 8.60. The predicted octanol–water partition coefficient (Wildman–Crippen LogP) is 4.65. The summed E-state index contributed by atoms with van der Waals surface area (Å²) in [6.07, 6.45) is 0. The summed E-state index contributed by atoms with van der Waals surface area (Å²) in [5.74, 6) is 0.603. The van der Waals surface area contributed by atoms with Crippen molar-refractivity contribution in [3.8, 4) is 10.4 Å². The molecule has 0 aliphatic rings. The summed E-state index contributed by atoms with van der Waals surface area (Å²) < 4.78 is 0. The second-order valence-electron chi connectivity index (χ2n) is 4.82. The van der Waals surface area contributed by atoms with Crippen LogP contribution in [0.3, 0.4) is 0 Å². The fraction of sp³-hybridized carbons (Fsp3) is 0.375. The minimum atomic E-state index is 0.603. The van der Waals surface area contributed by atoms with E-state index in [1.54, 1.807) is 0 Å². The molecule has 2 rings (SSSR count). The maximum absolute atomic E-state index is 3.36. The van der Waals surface area contributed by atoms with Gasteiger partial charge >= 0.3 is 0 Å². The number of benzene rings is 1. The van der Waals surface area contributed by atoms with Crippen molar-refractivity contribution in [3.63, 3.8) is 0 Å². The fourth-order valence-electron chi connectivity index (χ4n) is 1.91. The average molecular weight is 259 g/mol. The summed E-state index contributed by atoms with van der Waals surface area (Å²) in [7, 11) is 0. The molecule has 0 bridgehead atoms. The van der Waals surface area contributed by atoms with E-state index in [4.69, 9.17) is 0 Å². The minimum absolute atomic E-state index is 0.603. The molecule has 1 aromatic carbocycles. The molecule has 0 aliphatic carbocycles. The van der Waals surface area contributed by atoms with Crippen molar-refractivity contribution < 1.29 is 0 Å². The molecule has 1 N–H and O–H groups in total. The summed E-state index contributed by atoms with van der Waals surface area (Å²) >= 11 is 1.88. The molecule has 0 aliphatic heterocycles. The molecule has 96 valence electrons. The molecular weight excluding hydrogens is 238 g/mol. The highest BCUT2D eigenvalue weighted by molar-refractivity contribution is 7.15. The van der Waals surface area contributed by atoms with Crippen LogP contribution in [0.5, 0.6) is 0 Å². The van der Waals surface area contributed by atoms with Gasteiger partial charge in [0.05, 0.1) is 0 Å². The van der Waals surface area contributed by atoms with Gasteiger partial charge in [0, 0.05) is 16.3 Å². The van der Waals surface area contributed by atoms with Crippen LogP contribution in [0.25, 0.3) is 10.4 Å². The van der Waals surface area contributed by atoms with Gasteiger partial charge in [-0.3, -0.25) is 0 Å². The lowest BCUT2D eigenvalue weighted by Crippen LogP contribution is -2.10. The van der Waals surface area contributed by atoms with Gasteiger partial charge in [0.1, 0.15) is 0 Å². The molecule has 1 heterocycles. The van der Waals surface area contributed by atoms with E-state index in [0.29, 0.717) is 5.92 Å². The topological polar surface area (TPSA) is 12.0 Å². The molecule has 0 fully saturated rings. The first-order chi connectivity index (χ1) is 8.70. The van der Waals surface area contributed by atoms with Gasteiger partial charge in [0.25, 0.3) is 0 Å². The van der Waals surface area contributed by atoms with Crippen molar-refractivity contribution in [3.05, 3.63) is 46.8 Å². The highest BCUT2D eigenvalue weighted by Crippen LogP contribution is 2.29. The highest BCUT2D eigenvalue weighted by atomic mass is 32.1. The van der Waals surface area contributed by atoms with Crippen LogP contribution in [0.1, 0.15) is 37.1 Å². The molecule has 0 radical (unpaired) electrons. The van der Waals surface area contributed by atoms with Crippen molar-refractivity contribution in [1.29, 1.82) is 0 Å². The first-order valence-corrected chi connectivity index (χ1v) is 7.42. The maximum atomic E-state index is 3.36. The van der Waals surface area contributed by atoms with E-state index in [1.807, 2.05) is 11.3 Å². The molecule has 0 unspecified atom stereocenters. The Morgan fingerprint density at radius 3 is 2.39 bits per heavy atom. The molecule has 0 saturated carbocycles. The van der Waals surface area contributed by atoms with E-state index in [-0.39, 0.29) is 0 Å². The monoisotopic (exact) mass is 259 g/mol. The van der Waals surface area contributed by atoms with Crippen molar-refractivity contribution in [2.24, 2.45) is 0 Å². The van der Waals surface area contributed by atoms with Gasteiger partial charge < -0.3 is 5.32 Å². The van der Waals surface area contributed by atoms with Crippen molar-refractivity contribution in [2.75, 3.05) is 6.54 Å². The summed E-state index contributed by atoms with van der Waals surface area (Å²) in [5.41, 5.74) is 2.73. The Bertz CT molecular complexity index is 482. The molecule has 0 spiro atoms. The van der Waals surface area contributed by atoms with E-state index in [2.05, 4.69) is 62.5 Å². The molecule has 18 heavy (non-hydrogen) atoms. The van der Waals surface area contributed by atoms with Crippen molar-refractivity contribution >= 4 is 11.3 Å². The Kier molecular flexibility index (Phi) is 4.56. The predicted molar refractivity (Wildman–Crippen MR) is 81.2 cm³/mol. The van der Waals surface area contributed by atoms with Gasteiger partial charge in [-0.05, 0) is 35.7 Å². The molecule has 0 atom stereocenters. The molecular formula is C16H21NS. The third-order valence-corrected chi connectivity index (χ3v) is 4.21. The molecule has 1 aromatic heterocycles.